The minimum atomic E-state index is -5.24. The number of nitrogens with two attached hydrogens (primary N) is 1. The fourth-order valence-electron chi connectivity index (χ4n) is 2.39. The first-order chi connectivity index (χ1) is 11.0. The van der Waals surface area contributed by atoms with Crippen molar-refractivity contribution in [3.8, 4) is 11.4 Å². The first kappa shape index (κ1) is 16.9. The molecule has 0 atom stereocenters. The normalized spacial score (nSPS) is 15.9. The maximum atomic E-state index is 14.4. The Morgan fingerprint density at radius 3 is 2.62 bits per heavy atom. The van der Waals surface area contributed by atoms with Crippen LogP contribution in [0, 0.1) is 3.57 Å². The maximum absolute atomic E-state index is 14.4. The van der Waals surface area contributed by atoms with Crippen LogP contribution in [0.3, 0.4) is 0 Å². The van der Waals surface area contributed by atoms with Crippen molar-refractivity contribution in [3.63, 3.8) is 0 Å². The molecule has 1 aromatic heterocycles. The Morgan fingerprint density at radius 1 is 1.38 bits per heavy atom. The smallest absolute Gasteiger partial charge is 0.420 e. The third-order valence-electron chi connectivity index (χ3n) is 3.31. The third-order valence-corrected chi connectivity index (χ3v) is 3.98. The molecular formula is C13H7F5IN3O2. The van der Waals surface area contributed by atoms with Crippen LogP contribution in [-0.2, 0) is 12.1 Å². The highest BCUT2D eigenvalue weighted by molar-refractivity contribution is 14.1. The maximum Gasteiger partial charge on any atom is 0.420 e. The van der Waals surface area contributed by atoms with Gasteiger partial charge in [0.25, 0.3) is 5.91 Å². The summed E-state index contributed by atoms with van der Waals surface area (Å²) >= 11 is 1.85. The van der Waals surface area contributed by atoms with Crippen LogP contribution in [0.5, 0.6) is 5.75 Å². The molecule has 2 aromatic rings. The zero-order chi connectivity index (χ0) is 17.9. The molecule has 11 heteroatoms. The number of hydrogen-bond donors (Lipinski definition) is 1. The number of primary amides is 1. The fraction of sp³-hybridized carbons (Fsp3) is 0.231. The summed E-state index contributed by atoms with van der Waals surface area (Å²) in [5.41, 5.74) is 0.196. The summed E-state index contributed by atoms with van der Waals surface area (Å²) in [6.45, 7) is -1.33. The quantitative estimate of drug-likeness (QED) is 0.527. The lowest BCUT2D eigenvalue weighted by Gasteiger charge is -2.17. The lowest BCUT2D eigenvalue weighted by molar-refractivity contribution is -0.143. The van der Waals surface area contributed by atoms with E-state index < -0.39 is 41.6 Å². The summed E-state index contributed by atoms with van der Waals surface area (Å²) in [5.74, 6) is -5.66. The lowest BCUT2D eigenvalue weighted by Crippen LogP contribution is -2.28. The molecule has 1 aromatic carbocycles. The van der Waals surface area contributed by atoms with E-state index in [4.69, 9.17) is 10.5 Å². The van der Waals surface area contributed by atoms with E-state index in [9.17, 15) is 26.7 Å². The van der Waals surface area contributed by atoms with Crippen LogP contribution in [0.15, 0.2) is 18.2 Å². The number of carbonyl (C=O) groups is 1. The molecule has 1 aliphatic heterocycles. The summed E-state index contributed by atoms with van der Waals surface area (Å²) in [6.07, 6.45) is -5.24. The van der Waals surface area contributed by atoms with Gasteiger partial charge in [0.15, 0.2) is 12.3 Å². The van der Waals surface area contributed by atoms with Crippen molar-refractivity contribution in [1.82, 2.24) is 9.78 Å². The van der Waals surface area contributed by atoms with Crippen LogP contribution < -0.4 is 10.5 Å². The zero-order valence-corrected chi connectivity index (χ0v) is 13.7. The van der Waals surface area contributed by atoms with E-state index in [0.717, 1.165) is 0 Å². The Kier molecular flexibility index (Phi) is 3.73. The first-order valence-electron chi connectivity index (χ1n) is 6.33. The zero-order valence-electron chi connectivity index (χ0n) is 11.5. The van der Waals surface area contributed by atoms with E-state index in [1.807, 2.05) is 22.6 Å². The molecule has 3 rings (SSSR count). The van der Waals surface area contributed by atoms with Crippen molar-refractivity contribution < 1.29 is 31.5 Å². The van der Waals surface area contributed by atoms with Crippen molar-refractivity contribution in [1.29, 1.82) is 0 Å². The molecule has 1 amide bonds. The van der Waals surface area contributed by atoms with Crippen molar-refractivity contribution in [2.75, 3.05) is 6.61 Å². The standard InChI is InChI=1S/C13H7F5IN3O2/c14-12(15)4-24-7-2-1-5(19)3-6(7)22-10(12)8(13(16,17)18)9(21-22)11(20)23/h1-3H,4H2,(H2,20,23). The Morgan fingerprint density at radius 2 is 2.04 bits per heavy atom. The number of rotatable bonds is 1. The molecule has 0 saturated heterocycles. The van der Waals surface area contributed by atoms with Gasteiger partial charge in [0, 0.05) is 3.57 Å². The molecular weight excluding hydrogens is 452 g/mol. The number of carbonyl (C=O) groups excluding carboxylic acids is 1. The second-order valence-corrected chi connectivity index (χ2v) is 6.20. The number of ether oxygens (including phenoxy) is 1. The summed E-state index contributed by atoms with van der Waals surface area (Å²) in [6, 6.07) is 4.19. The fourth-order valence-corrected chi connectivity index (χ4v) is 2.86. The molecule has 0 unspecified atom stereocenters. The number of alkyl halides is 5. The van der Waals surface area contributed by atoms with Gasteiger partial charge in [-0.2, -0.15) is 27.1 Å². The van der Waals surface area contributed by atoms with Gasteiger partial charge < -0.3 is 10.5 Å². The largest absolute Gasteiger partial charge is 0.485 e. The van der Waals surface area contributed by atoms with Gasteiger partial charge in [-0.05, 0) is 40.8 Å². The SMILES string of the molecule is NC(=O)c1nn2c(c1C(F)(F)F)C(F)(F)COc1ccc(I)cc1-2. The van der Waals surface area contributed by atoms with E-state index >= 15 is 0 Å². The van der Waals surface area contributed by atoms with E-state index in [1.165, 1.54) is 18.2 Å². The number of hydrogen-bond acceptors (Lipinski definition) is 3. The second kappa shape index (κ2) is 5.29. The average molecular weight is 459 g/mol. The van der Waals surface area contributed by atoms with Crippen LogP contribution in [-0.4, -0.2) is 22.3 Å². The molecule has 24 heavy (non-hydrogen) atoms. The Hall–Kier alpha value is -1.92. The summed E-state index contributed by atoms with van der Waals surface area (Å²) in [7, 11) is 0. The number of halogens is 6. The van der Waals surface area contributed by atoms with Gasteiger partial charge in [0.2, 0.25) is 0 Å². The number of benzene rings is 1. The van der Waals surface area contributed by atoms with Gasteiger partial charge in [-0.3, -0.25) is 4.79 Å². The molecule has 5 nitrogen and oxygen atoms in total. The van der Waals surface area contributed by atoms with Gasteiger partial charge in [-0.25, -0.2) is 4.68 Å². The molecule has 0 radical (unpaired) electrons. The van der Waals surface area contributed by atoms with Gasteiger partial charge in [0.1, 0.15) is 22.7 Å². The molecule has 0 bridgehead atoms. The van der Waals surface area contributed by atoms with Crippen molar-refractivity contribution in [3.05, 3.63) is 38.7 Å². The van der Waals surface area contributed by atoms with Crippen LogP contribution in [0.1, 0.15) is 21.7 Å². The topological polar surface area (TPSA) is 70.1 Å². The number of fused-ring (bicyclic) bond motifs is 3. The molecule has 0 saturated carbocycles. The number of aromatic nitrogens is 2. The van der Waals surface area contributed by atoms with Crippen LogP contribution in [0.25, 0.3) is 5.69 Å². The first-order valence-corrected chi connectivity index (χ1v) is 7.41. The molecule has 2 N–H and O–H groups in total. The molecule has 1 aliphatic rings. The Bertz CT molecular complexity index is 847. The Balaban J connectivity index is 2.45. The lowest BCUT2D eigenvalue weighted by atomic mass is 10.1. The molecule has 128 valence electrons. The molecule has 0 aliphatic carbocycles. The van der Waals surface area contributed by atoms with Crippen molar-refractivity contribution >= 4 is 28.5 Å². The van der Waals surface area contributed by atoms with Crippen molar-refractivity contribution in [2.24, 2.45) is 5.73 Å². The highest BCUT2D eigenvalue weighted by Crippen LogP contribution is 2.45. The molecule has 0 spiro atoms. The summed E-state index contributed by atoms with van der Waals surface area (Å²) < 4.78 is 74.5. The highest BCUT2D eigenvalue weighted by Gasteiger charge is 2.51. The molecule has 2 heterocycles. The second-order valence-electron chi connectivity index (χ2n) is 4.95. The van der Waals surface area contributed by atoms with Gasteiger partial charge in [0.05, 0.1) is 0 Å². The van der Waals surface area contributed by atoms with Gasteiger partial charge >= 0.3 is 12.1 Å². The number of amides is 1. The van der Waals surface area contributed by atoms with E-state index in [1.54, 1.807) is 0 Å². The highest BCUT2D eigenvalue weighted by atomic mass is 127. The minimum Gasteiger partial charge on any atom is -0.485 e. The van der Waals surface area contributed by atoms with Crippen LogP contribution >= 0.6 is 22.6 Å². The predicted molar refractivity (Wildman–Crippen MR) is 79.2 cm³/mol. The van der Waals surface area contributed by atoms with Crippen LogP contribution in [0.4, 0.5) is 22.0 Å². The van der Waals surface area contributed by atoms with E-state index in [2.05, 4.69) is 5.10 Å². The van der Waals surface area contributed by atoms with E-state index in [-0.39, 0.29) is 11.4 Å². The summed E-state index contributed by atoms with van der Waals surface area (Å²) in [4.78, 5) is 11.3. The number of nitrogens with zero attached hydrogens (tertiary/aromatic N) is 2. The monoisotopic (exact) mass is 459 g/mol. The summed E-state index contributed by atoms with van der Waals surface area (Å²) in [5, 5.41) is 3.41. The van der Waals surface area contributed by atoms with Gasteiger partial charge in [-0.1, -0.05) is 0 Å². The van der Waals surface area contributed by atoms with Gasteiger partial charge in [-0.15, -0.1) is 0 Å². The average Bonchev–Trinajstić information content (AvgIpc) is 2.83. The predicted octanol–water partition coefficient (Wildman–Crippen LogP) is 3.08. The minimum absolute atomic E-state index is 0.0823. The molecule has 0 fully saturated rings. The van der Waals surface area contributed by atoms with Crippen molar-refractivity contribution in [2.45, 2.75) is 12.1 Å². The van der Waals surface area contributed by atoms with E-state index in [0.29, 0.717) is 8.25 Å². The third kappa shape index (κ3) is 2.59. The Labute approximate surface area is 144 Å². The van der Waals surface area contributed by atoms with Crippen LogP contribution in [0.2, 0.25) is 0 Å².